The smallest absolute Gasteiger partial charge is 0.240 e. The summed E-state index contributed by atoms with van der Waals surface area (Å²) in [5, 5.41) is 0. The van der Waals surface area contributed by atoms with Crippen molar-refractivity contribution in [1.82, 2.24) is 14.9 Å². The van der Waals surface area contributed by atoms with E-state index in [4.69, 9.17) is 5.73 Å². The molecule has 5 nitrogen and oxygen atoms in total. The summed E-state index contributed by atoms with van der Waals surface area (Å²) in [6.07, 6.45) is 4.86. The summed E-state index contributed by atoms with van der Waals surface area (Å²) >= 11 is 0. The molecule has 1 aromatic heterocycles. The first-order valence-electron chi connectivity index (χ1n) is 5.58. The van der Waals surface area contributed by atoms with Crippen LogP contribution in [0.5, 0.6) is 0 Å². The number of likely N-dealkylation sites (N-methyl/N-ethyl adjacent to an activating group) is 1. The molecule has 0 aliphatic heterocycles. The van der Waals surface area contributed by atoms with Gasteiger partial charge in [0, 0.05) is 19.4 Å². The number of halogens is 2. The number of nitrogens with zero attached hydrogens (tertiary/aromatic N) is 3. The molecule has 1 heterocycles. The topological polar surface area (TPSA) is 72.1 Å². The molecule has 0 spiro atoms. The first-order valence-corrected chi connectivity index (χ1v) is 5.58. The number of aromatic nitrogens is 2. The van der Waals surface area contributed by atoms with E-state index in [-0.39, 0.29) is 36.1 Å². The highest BCUT2D eigenvalue weighted by molar-refractivity contribution is 5.85. The average molecular weight is 309 g/mol. The minimum atomic E-state index is -0.510. The standard InChI is InChI=1S/C12H20N4O.2ClH/c1-12(2,3)10(13)11(17)16(4)8-9-7-14-5-6-15-9;;/h5-7,10H,8,13H2,1-4H3;2*1H/t10-;;/m1../s1. The van der Waals surface area contributed by atoms with E-state index in [2.05, 4.69) is 9.97 Å². The monoisotopic (exact) mass is 308 g/mol. The zero-order valence-corrected chi connectivity index (χ0v) is 13.3. The number of carbonyl (C=O) groups excluding carboxylic acids is 1. The summed E-state index contributed by atoms with van der Waals surface area (Å²) < 4.78 is 0. The van der Waals surface area contributed by atoms with Crippen molar-refractivity contribution in [2.24, 2.45) is 11.1 Å². The number of carbonyl (C=O) groups is 1. The molecule has 0 radical (unpaired) electrons. The van der Waals surface area contributed by atoms with Crippen LogP contribution in [0, 0.1) is 5.41 Å². The van der Waals surface area contributed by atoms with E-state index < -0.39 is 6.04 Å². The summed E-state index contributed by atoms with van der Waals surface area (Å²) in [5.74, 6) is -0.0804. The second kappa shape index (κ2) is 8.30. The van der Waals surface area contributed by atoms with Crippen molar-refractivity contribution in [1.29, 1.82) is 0 Å². The van der Waals surface area contributed by atoms with Crippen molar-refractivity contribution in [3.63, 3.8) is 0 Å². The quantitative estimate of drug-likeness (QED) is 0.921. The molecule has 110 valence electrons. The van der Waals surface area contributed by atoms with Gasteiger partial charge in [-0.3, -0.25) is 14.8 Å². The number of hydrogen-bond acceptors (Lipinski definition) is 4. The molecule has 1 rings (SSSR count). The summed E-state index contributed by atoms with van der Waals surface area (Å²) in [6.45, 7) is 6.28. The van der Waals surface area contributed by atoms with Crippen LogP contribution in [-0.2, 0) is 11.3 Å². The maximum Gasteiger partial charge on any atom is 0.240 e. The molecule has 2 N–H and O–H groups in total. The van der Waals surface area contributed by atoms with E-state index in [1.165, 1.54) is 0 Å². The minimum Gasteiger partial charge on any atom is -0.338 e. The zero-order valence-electron chi connectivity index (χ0n) is 11.7. The fraction of sp³-hybridized carbons (Fsp3) is 0.583. The molecule has 1 aromatic rings. The lowest BCUT2D eigenvalue weighted by atomic mass is 9.86. The zero-order chi connectivity index (χ0) is 13.1. The first kappa shape index (κ1) is 20.4. The molecule has 0 saturated heterocycles. The maximum absolute atomic E-state index is 12.0. The van der Waals surface area contributed by atoms with Crippen LogP contribution in [0.15, 0.2) is 18.6 Å². The van der Waals surface area contributed by atoms with Gasteiger partial charge < -0.3 is 10.6 Å². The van der Waals surface area contributed by atoms with E-state index in [0.717, 1.165) is 5.69 Å². The molecule has 0 bridgehead atoms. The number of rotatable bonds is 3. The van der Waals surface area contributed by atoms with Gasteiger partial charge in [0.15, 0.2) is 0 Å². The number of hydrogen-bond donors (Lipinski definition) is 1. The van der Waals surface area contributed by atoms with Gasteiger partial charge in [0.2, 0.25) is 5.91 Å². The van der Waals surface area contributed by atoms with Gasteiger partial charge in [-0.05, 0) is 5.41 Å². The molecule has 0 aliphatic rings. The second-order valence-electron chi connectivity index (χ2n) is 5.23. The molecule has 19 heavy (non-hydrogen) atoms. The Kier molecular flexibility index (Phi) is 8.91. The summed E-state index contributed by atoms with van der Waals surface area (Å²) in [7, 11) is 1.72. The van der Waals surface area contributed by atoms with Crippen LogP contribution < -0.4 is 5.73 Å². The summed E-state index contributed by atoms with van der Waals surface area (Å²) in [5.41, 5.74) is 6.43. The van der Waals surface area contributed by atoms with Gasteiger partial charge in [-0.2, -0.15) is 0 Å². The third-order valence-electron chi connectivity index (χ3n) is 2.59. The molecule has 0 saturated carbocycles. The molecule has 0 unspecified atom stereocenters. The Balaban J connectivity index is 0. The third-order valence-corrected chi connectivity index (χ3v) is 2.59. The Labute approximate surface area is 126 Å². The largest absolute Gasteiger partial charge is 0.338 e. The molecular weight excluding hydrogens is 287 g/mol. The molecule has 0 fully saturated rings. The van der Waals surface area contributed by atoms with Crippen LogP contribution in [0.3, 0.4) is 0 Å². The van der Waals surface area contributed by atoms with Gasteiger partial charge in [-0.25, -0.2) is 0 Å². The van der Waals surface area contributed by atoms with Crippen molar-refractivity contribution in [3.8, 4) is 0 Å². The van der Waals surface area contributed by atoms with E-state index in [0.29, 0.717) is 6.54 Å². The maximum atomic E-state index is 12.0. The van der Waals surface area contributed by atoms with Crippen molar-refractivity contribution in [3.05, 3.63) is 24.3 Å². The van der Waals surface area contributed by atoms with Crippen LogP contribution in [0.2, 0.25) is 0 Å². The van der Waals surface area contributed by atoms with Crippen molar-refractivity contribution < 1.29 is 4.79 Å². The van der Waals surface area contributed by atoms with Crippen LogP contribution in [0.4, 0.5) is 0 Å². The Morgan fingerprint density at radius 2 is 1.95 bits per heavy atom. The van der Waals surface area contributed by atoms with Gasteiger partial charge in [0.1, 0.15) is 0 Å². The average Bonchev–Trinajstić information content (AvgIpc) is 2.27. The second-order valence-corrected chi connectivity index (χ2v) is 5.23. The van der Waals surface area contributed by atoms with Crippen LogP contribution >= 0.6 is 24.8 Å². The molecule has 0 aliphatic carbocycles. The minimum absolute atomic E-state index is 0. The Bertz CT molecular complexity index is 381. The van der Waals surface area contributed by atoms with Gasteiger partial charge in [0.25, 0.3) is 0 Å². The van der Waals surface area contributed by atoms with E-state index in [9.17, 15) is 4.79 Å². The van der Waals surface area contributed by atoms with Crippen LogP contribution in [0.25, 0.3) is 0 Å². The lowest BCUT2D eigenvalue weighted by molar-refractivity contribution is -0.134. The summed E-state index contributed by atoms with van der Waals surface area (Å²) in [6, 6.07) is -0.510. The predicted octanol–water partition coefficient (Wildman–Crippen LogP) is 1.65. The number of nitrogens with two attached hydrogens (primary N) is 1. The first-order chi connectivity index (χ1) is 7.82. The number of amides is 1. The lowest BCUT2D eigenvalue weighted by Crippen LogP contribution is -2.49. The molecule has 1 atom stereocenters. The van der Waals surface area contributed by atoms with Gasteiger partial charge in [-0.1, -0.05) is 20.8 Å². The predicted molar refractivity (Wildman–Crippen MR) is 80.4 cm³/mol. The van der Waals surface area contributed by atoms with Gasteiger partial charge >= 0.3 is 0 Å². The normalized spacial score (nSPS) is 11.8. The van der Waals surface area contributed by atoms with Gasteiger partial charge in [-0.15, -0.1) is 24.8 Å². The van der Waals surface area contributed by atoms with E-state index >= 15 is 0 Å². The SMILES string of the molecule is CN(Cc1cnccn1)C(=O)[C@@H](N)C(C)(C)C.Cl.Cl. The fourth-order valence-corrected chi connectivity index (χ4v) is 1.34. The van der Waals surface area contributed by atoms with Crippen LogP contribution in [0.1, 0.15) is 26.5 Å². The van der Waals surface area contributed by atoms with Crippen molar-refractivity contribution >= 4 is 30.7 Å². The fourth-order valence-electron chi connectivity index (χ4n) is 1.34. The molecule has 7 heteroatoms. The Morgan fingerprint density at radius 3 is 2.37 bits per heavy atom. The molecular formula is C12H22Cl2N4O. The van der Waals surface area contributed by atoms with Crippen LogP contribution in [-0.4, -0.2) is 33.9 Å². The third kappa shape index (κ3) is 6.18. The van der Waals surface area contributed by atoms with Crippen molar-refractivity contribution in [2.75, 3.05) is 7.05 Å². The summed E-state index contributed by atoms with van der Waals surface area (Å²) in [4.78, 5) is 21.7. The molecule has 0 aromatic carbocycles. The lowest BCUT2D eigenvalue weighted by Gasteiger charge is -2.29. The van der Waals surface area contributed by atoms with E-state index in [1.54, 1.807) is 30.5 Å². The Hall–Kier alpha value is -0.910. The highest BCUT2D eigenvalue weighted by atomic mass is 35.5. The highest BCUT2D eigenvalue weighted by Crippen LogP contribution is 2.19. The molecule has 1 amide bonds. The van der Waals surface area contributed by atoms with Gasteiger partial charge in [0.05, 0.1) is 24.5 Å². The van der Waals surface area contributed by atoms with E-state index in [1.807, 2.05) is 20.8 Å². The highest BCUT2D eigenvalue weighted by Gasteiger charge is 2.29. The van der Waals surface area contributed by atoms with Crippen molar-refractivity contribution in [2.45, 2.75) is 33.4 Å². The Morgan fingerprint density at radius 1 is 1.37 bits per heavy atom.